The fourth-order valence-electron chi connectivity index (χ4n) is 4.78. The summed E-state index contributed by atoms with van der Waals surface area (Å²) in [5.74, 6) is -0.459. The molecule has 0 fully saturated rings. The molecule has 0 unspecified atom stereocenters. The highest BCUT2D eigenvalue weighted by molar-refractivity contribution is 7.92. The van der Waals surface area contributed by atoms with E-state index in [1.165, 1.54) is 43.2 Å². The first-order chi connectivity index (χ1) is 20.9. The molecule has 11 nitrogen and oxygen atoms in total. The first-order valence-electron chi connectivity index (χ1n) is 14.5. The summed E-state index contributed by atoms with van der Waals surface area (Å²) in [6, 6.07) is 16.4. The number of ether oxygens (including phenoxy) is 1. The number of nitro benzene ring substituents is 1. The number of unbranched alkanes of at least 4 members (excludes halogenated alkanes) is 1. The Hall–Kier alpha value is -4.45. The summed E-state index contributed by atoms with van der Waals surface area (Å²) < 4.78 is 34.3. The number of nitro groups is 1. The molecule has 0 spiro atoms. The van der Waals surface area contributed by atoms with Crippen molar-refractivity contribution < 1.29 is 27.7 Å². The highest BCUT2D eigenvalue weighted by atomic mass is 32.2. The average Bonchev–Trinajstić information content (AvgIpc) is 2.99. The fourth-order valence-corrected chi connectivity index (χ4v) is 6.22. The second kappa shape index (κ2) is 15.3. The van der Waals surface area contributed by atoms with Crippen molar-refractivity contribution in [2.75, 3.05) is 24.5 Å². The SMILES string of the molecule is CCCCNC(=O)[C@@H](CC)N(Cc1cccc(C)c1)C(=O)CN(c1ccc(OC)cc1)S(=O)(=O)c1ccc(C)c([N+](=O)[O-])c1. The number of aryl methyl sites for hydroxylation is 2. The van der Waals surface area contributed by atoms with Crippen LogP contribution >= 0.6 is 0 Å². The highest BCUT2D eigenvalue weighted by Crippen LogP contribution is 2.29. The van der Waals surface area contributed by atoms with Gasteiger partial charge in [0.1, 0.15) is 18.3 Å². The van der Waals surface area contributed by atoms with E-state index < -0.39 is 33.4 Å². The Kier molecular flexibility index (Phi) is 11.9. The van der Waals surface area contributed by atoms with Gasteiger partial charge in [0.05, 0.1) is 22.6 Å². The van der Waals surface area contributed by atoms with Crippen LogP contribution in [0.2, 0.25) is 0 Å². The number of benzene rings is 3. The molecular weight excluding hydrogens is 584 g/mol. The van der Waals surface area contributed by atoms with Crippen LogP contribution in [-0.2, 0) is 26.2 Å². The summed E-state index contributed by atoms with van der Waals surface area (Å²) in [4.78, 5) is 39.5. The van der Waals surface area contributed by atoms with Gasteiger partial charge in [0.25, 0.3) is 15.7 Å². The van der Waals surface area contributed by atoms with Crippen LogP contribution in [0.1, 0.15) is 49.8 Å². The monoisotopic (exact) mass is 624 g/mol. The average molecular weight is 625 g/mol. The van der Waals surface area contributed by atoms with E-state index in [9.17, 15) is 28.1 Å². The third-order valence-electron chi connectivity index (χ3n) is 7.26. The number of hydrogen-bond acceptors (Lipinski definition) is 7. The molecule has 1 N–H and O–H groups in total. The van der Waals surface area contributed by atoms with Gasteiger partial charge < -0.3 is 15.0 Å². The molecule has 0 aliphatic rings. The Morgan fingerprint density at radius 3 is 2.32 bits per heavy atom. The fraction of sp³-hybridized carbons (Fsp3) is 0.375. The molecule has 3 aromatic carbocycles. The Morgan fingerprint density at radius 1 is 1.02 bits per heavy atom. The van der Waals surface area contributed by atoms with E-state index >= 15 is 0 Å². The molecule has 2 amide bonds. The van der Waals surface area contributed by atoms with Gasteiger partial charge >= 0.3 is 0 Å². The van der Waals surface area contributed by atoms with Crippen molar-refractivity contribution in [1.29, 1.82) is 0 Å². The molecule has 0 saturated carbocycles. The number of amides is 2. The Labute approximate surface area is 259 Å². The summed E-state index contributed by atoms with van der Waals surface area (Å²) in [5.41, 5.74) is 1.84. The number of sulfonamides is 1. The number of anilines is 1. The lowest BCUT2D eigenvalue weighted by Crippen LogP contribution is -2.52. The van der Waals surface area contributed by atoms with Crippen molar-refractivity contribution in [2.45, 2.75) is 64.4 Å². The highest BCUT2D eigenvalue weighted by Gasteiger charge is 2.34. The second-order valence-electron chi connectivity index (χ2n) is 10.5. The molecule has 3 aromatic rings. The van der Waals surface area contributed by atoms with Crippen LogP contribution < -0.4 is 14.4 Å². The lowest BCUT2D eigenvalue weighted by Gasteiger charge is -2.33. The van der Waals surface area contributed by atoms with Gasteiger partial charge in [0.2, 0.25) is 11.8 Å². The minimum absolute atomic E-state index is 0.0761. The molecule has 0 radical (unpaired) electrons. The molecule has 0 aliphatic heterocycles. The van der Waals surface area contributed by atoms with Gasteiger partial charge in [-0.25, -0.2) is 8.42 Å². The van der Waals surface area contributed by atoms with Crippen LogP contribution in [0, 0.1) is 24.0 Å². The van der Waals surface area contributed by atoms with Crippen LogP contribution in [0.5, 0.6) is 5.75 Å². The molecule has 0 saturated heterocycles. The zero-order valence-electron chi connectivity index (χ0n) is 25.8. The Balaban J connectivity index is 2.10. The molecule has 1 atom stereocenters. The molecular formula is C32H40N4O7S. The van der Waals surface area contributed by atoms with E-state index in [1.54, 1.807) is 19.1 Å². The zero-order chi connectivity index (χ0) is 32.4. The number of methoxy groups -OCH3 is 1. The molecule has 0 bridgehead atoms. The first kappa shape index (κ1) is 34.0. The minimum Gasteiger partial charge on any atom is -0.497 e. The zero-order valence-corrected chi connectivity index (χ0v) is 26.6. The van der Waals surface area contributed by atoms with Crippen molar-refractivity contribution >= 4 is 33.2 Å². The largest absolute Gasteiger partial charge is 0.497 e. The van der Waals surface area contributed by atoms with E-state index in [-0.39, 0.29) is 28.7 Å². The van der Waals surface area contributed by atoms with Gasteiger partial charge in [0, 0.05) is 24.7 Å². The van der Waals surface area contributed by atoms with Crippen LogP contribution in [0.15, 0.2) is 71.6 Å². The van der Waals surface area contributed by atoms with Gasteiger partial charge in [-0.2, -0.15) is 0 Å². The van der Waals surface area contributed by atoms with Gasteiger partial charge in [-0.05, 0) is 62.6 Å². The maximum absolute atomic E-state index is 14.2. The number of carbonyl (C=O) groups excluding carboxylic acids is 2. The standard InChI is InChI=1S/C32H40N4O7S/c1-6-8-18-33-32(38)29(7-2)34(21-25-11-9-10-23(3)19-25)31(37)22-35(26-13-15-27(43-5)16-14-26)44(41,42)28-17-12-24(4)30(20-28)36(39)40/h9-17,19-20,29H,6-8,18,21-22H2,1-5H3,(H,33,38)/t29-/m1/s1. The lowest BCUT2D eigenvalue weighted by atomic mass is 10.1. The van der Waals surface area contributed by atoms with Crippen LogP contribution in [0.4, 0.5) is 11.4 Å². The van der Waals surface area contributed by atoms with Crippen molar-refractivity contribution in [3.05, 3.63) is 93.5 Å². The van der Waals surface area contributed by atoms with Crippen LogP contribution in [-0.4, -0.2) is 56.3 Å². The first-order valence-corrected chi connectivity index (χ1v) is 15.9. The molecule has 0 aromatic heterocycles. The van der Waals surface area contributed by atoms with Crippen molar-refractivity contribution in [2.24, 2.45) is 0 Å². The lowest BCUT2D eigenvalue weighted by molar-refractivity contribution is -0.385. The smallest absolute Gasteiger partial charge is 0.273 e. The van der Waals surface area contributed by atoms with Crippen molar-refractivity contribution in [3.8, 4) is 5.75 Å². The van der Waals surface area contributed by atoms with Gasteiger partial charge in [-0.15, -0.1) is 0 Å². The number of nitrogens with one attached hydrogen (secondary N) is 1. The predicted octanol–water partition coefficient (Wildman–Crippen LogP) is 5.14. The number of hydrogen-bond donors (Lipinski definition) is 1. The molecule has 44 heavy (non-hydrogen) atoms. The summed E-state index contributed by atoms with van der Waals surface area (Å²) in [5, 5.41) is 14.5. The summed E-state index contributed by atoms with van der Waals surface area (Å²) >= 11 is 0. The van der Waals surface area contributed by atoms with E-state index in [0.29, 0.717) is 24.3 Å². The summed E-state index contributed by atoms with van der Waals surface area (Å²) in [6.45, 7) is 7.12. The predicted molar refractivity (Wildman–Crippen MR) is 169 cm³/mol. The van der Waals surface area contributed by atoms with E-state index in [0.717, 1.165) is 34.3 Å². The normalized spacial score (nSPS) is 11.8. The molecule has 236 valence electrons. The Bertz CT molecular complexity index is 1580. The number of rotatable bonds is 15. The molecule has 12 heteroatoms. The molecule has 0 aliphatic carbocycles. The maximum Gasteiger partial charge on any atom is 0.273 e. The minimum atomic E-state index is -4.48. The number of nitrogens with zero attached hydrogens (tertiary/aromatic N) is 3. The third kappa shape index (κ3) is 8.34. The third-order valence-corrected chi connectivity index (χ3v) is 9.03. The summed E-state index contributed by atoms with van der Waals surface area (Å²) in [7, 11) is -3.01. The summed E-state index contributed by atoms with van der Waals surface area (Å²) in [6.07, 6.45) is 1.96. The van der Waals surface area contributed by atoms with Gasteiger partial charge in [-0.1, -0.05) is 56.2 Å². The van der Waals surface area contributed by atoms with E-state index in [4.69, 9.17) is 4.74 Å². The molecule has 3 rings (SSSR count). The number of carbonyl (C=O) groups is 2. The van der Waals surface area contributed by atoms with Gasteiger partial charge in [-0.3, -0.25) is 24.0 Å². The maximum atomic E-state index is 14.2. The van der Waals surface area contributed by atoms with Crippen LogP contribution in [0.25, 0.3) is 0 Å². The van der Waals surface area contributed by atoms with Gasteiger partial charge in [0.15, 0.2) is 0 Å². The van der Waals surface area contributed by atoms with Crippen molar-refractivity contribution in [1.82, 2.24) is 10.2 Å². The molecule has 0 heterocycles. The van der Waals surface area contributed by atoms with Crippen LogP contribution in [0.3, 0.4) is 0 Å². The quantitative estimate of drug-likeness (QED) is 0.140. The second-order valence-corrected chi connectivity index (χ2v) is 12.4. The van der Waals surface area contributed by atoms with E-state index in [2.05, 4.69) is 5.32 Å². The topological polar surface area (TPSA) is 139 Å². The Morgan fingerprint density at radius 2 is 1.73 bits per heavy atom. The van der Waals surface area contributed by atoms with Crippen molar-refractivity contribution in [3.63, 3.8) is 0 Å². The van der Waals surface area contributed by atoms with E-state index in [1.807, 2.05) is 38.1 Å².